The van der Waals surface area contributed by atoms with Crippen LogP contribution in [0.25, 0.3) is 5.57 Å². The first-order chi connectivity index (χ1) is 13.5. The molecule has 2 fully saturated rings. The van der Waals surface area contributed by atoms with Crippen LogP contribution in [0.1, 0.15) is 25.0 Å². The number of ether oxygens (including phenoxy) is 2. The van der Waals surface area contributed by atoms with Crippen LogP contribution in [0.5, 0.6) is 0 Å². The van der Waals surface area contributed by atoms with E-state index in [1.807, 2.05) is 79.4 Å². The zero-order valence-electron chi connectivity index (χ0n) is 16.1. The normalized spacial score (nSPS) is 25.2. The minimum Gasteiger partial charge on any atom is -0.348 e. The summed E-state index contributed by atoms with van der Waals surface area (Å²) in [7, 11) is 0. The Kier molecular flexibility index (Phi) is 4.80. The Labute approximate surface area is 165 Å². The zero-order valence-corrected chi connectivity index (χ0v) is 16.1. The standard InChI is InChI=1S/C24H23NO3/c1-4-19(18-13-9-6-10-14-18)21-22(20-16-27-24(2,3)28-20)25(23(21)26)15-17-11-7-5-8-12-17/h1,5-14,20,22H,15-16H2,2-3H3/b21-19-/t20?,22-/m0/s1. The van der Waals surface area contributed by atoms with Gasteiger partial charge < -0.3 is 14.4 Å². The highest BCUT2D eigenvalue weighted by Gasteiger charge is 2.52. The quantitative estimate of drug-likeness (QED) is 0.467. The molecule has 142 valence electrons. The van der Waals surface area contributed by atoms with Gasteiger partial charge in [0.25, 0.3) is 5.91 Å². The molecule has 2 aliphatic rings. The summed E-state index contributed by atoms with van der Waals surface area (Å²) in [5.74, 6) is 2.03. The molecule has 0 N–H and O–H groups in total. The van der Waals surface area contributed by atoms with E-state index in [1.54, 1.807) is 0 Å². The zero-order chi connectivity index (χ0) is 19.7. The smallest absolute Gasteiger partial charge is 0.254 e. The van der Waals surface area contributed by atoms with Gasteiger partial charge in [0.2, 0.25) is 0 Å². The van der Waals surface area contributed by atoms with Crippen molar-refractivity contribution in [2.45, 2.75) is 38.3 Å². The third kappa shape index (κ3) is 3.35. The third-order valence-corrected chi connectivity index (χ3v) is 5.18. The van der Waals surface area contributed by atoms with Crippen LogP contribution in [-0.4, -0.2) is 35.3 Å². The van der Waals surface area contributed by atoms with Gasteiger partial charge in [-0.3, -0.25) is 4.79 Å². The van der Waals surface area contributed by atoms with E-state index in [0.717, 1.165) is 11.1 Å². The first kappa shape index (κ1) is 18.5. The molecule has 0 saturated carbocycles. The molecule has 2 aliphatic heterocycles. The molecule has 4 nitrogen and oxygen atoms in total. The average Bonchev–Trinajstić information content (AvgIpc) is 3.07. The van der Waals surface area contributed by atoms with Crippen LogP contribution in [-0.2, 0) is 20.8 Å². The Morgan fingerprint density at radius 3 is 2.36 bits per heavy atom. The maximum Gasteiger partial charge on any atom is 0.254 e. The lowest BCUT2D eigenvalue weighted by Crippen LogP contribution is -2.61. The molecule has 0 aromatic heterocycles. The molecule has 2 atom stereocenters. The minimum atomic E-state index is -0.671. The highest BCUT2D eigenvalue weighted by atomic mass is 16.7. The maximum atomic E-state index is 13.1. The van der Waals surface area contributed by atoms with E-state index in [-0.39, 0.29) is 18.1 Å². The number of hydrogen-bond acceptors (Lipinski definition) is 3. The van der Waals surface area contributed by atoms with Gasteiger partial charge >= 0.3 is 0 Å². The summed E-state index contributed by atoms with van der Waals surface area (Å²) >= 11 is 0. The van der Waals surface area contributed by atoms with Gasteiger partial charge in [0.15, 0.2) is 5.79 Å². The van der Waals surface area contributed by atoms with Gasteiger partial charge in [-0.05, 0) is 25.0 Å². The molecule has 4 heteroatoms. The average molecular weight is 373 g/mol. The van der Waals surface area contributed by atoms with Crippen LogP contribution in [0.15, 0.2) is 66.2 Å². The van der Waals surface area contributed by atoms with Gasteiger partial charge in [-0.2, -0.15) is 0 Å². The number of amides is 1. The Morgan fingerprint density at radius 1 is 1.14 bits per heavy atom. The van der Waals surface area contributed by atoms with Crippen LogP contribution in [0.3, 0.4) is 0 Å². The molecule has 2 aromatic rings. The number of nitrogens with zero attached hydrogens (tertiary/aromatic N) is 1. The van der Waals surface area contributed by atoms with Gasteiger partial charge in [0, 0.05) is 12.1 Å². The molecule has 1 amide bonds. The molecule has 0 aliphatic carbocycles. The van der Waals surface area contributed by atoms with Crippen LogP contribution < -0.4 is 0 Å². The fourth-order valence-electron chi connectivity index (χ4n) is 3.88. The number of carbonyl (C=O) groups is 1. The number of rotatable bonds is 4. The summed E-state index contributed by atoms with van der Waals surface area (Å²) in [6.45, 7) is 4.71. The Bertz CT molecular complexity index is 941. The number of benzene rings is 2. The van der Waals surface area contributed by atoms with E-state index in [1.165, 1.54) is 0 Å². The predicted octanol–water partition coefficient (Wildman–Crippen LogP) is 3.64. The molecule has 0 bridgehead atoms. The summed E-state index contributed by atoms with van der Waals surface area (Å²) in [6, 6.07) is 19.3. The van der Waals surface area contributed by atoms with E-state index in [4.69, 9.17) is 15.9 Å². The second kappa shape index (κ2) is 7.27. The first-order valence-electron chi connectivity index (χ1n) is 9.43. The topological polar surface area (TPSA) is 38.8 Å². The number of hydrogen-bond donors (Lipinski definition) is 0. The van der Waals surface area contributed by atoms with Gasteiger partial charge in [0.05, 0.1) is 18.2 Å². The lowest BCUT2D eigenvalue weighted by atomic mass is 9.83. The number of carbonyl (C=O) groups excluding carboxylic acids is 1. The van der Waals surface area contributed by atoms with Gasteiger partial charge in [0.1, 0.15) is 6.10 Å². The highest BCUT2D eigenvalue weighted by molar-refractivity contribution is 6.11. The third-order valence-electron chi connectivity index (χ3n) is 5.18. The maximum absolute atomic E-state index is 13.1. The van der Waals surface area contributed by atoms with E-state index in [2.05, 4.69) is 5.92 Å². The van der Waals surface area contributed by atoms with Crippen LogP contribution >= 0.6 is 0 Å². The second-order valence-electron chi connectivity index (χ2n) is 7.53. The Hall–Kier alpha value is -2.87. The molecular formula is C24H23NO3. The van der Waals surface area contributed by atoms with Crippen LogP contribution in [0, 0.1) is 12.3 Å². The van der Waals surface area contributed by atoms with Crippen molar-refractivity contribution in [1.82, 2.24) is 4.90 Å². The number of terminal acetylenes is 1. The fraction of sp³-hybridized carbons (Fsp3) is 0.292. The number of likely N-dealkylation sites (tertiary alicyclic amines) is 1. The Balaban J connectivity index is 1.72. The molecule has 0 spiro atoms. The van der Waals surface area contributed by atoms with E-state index in [9.17, 15) is 4.79 Å². The molecule has 2 heterocycles. The summed E-state index contributed by atoms with van der Waals surface area (Å²) in [5.41, 5.74) is 3.21. The van der Waals surface area contributed by atoms with Crippen molar-refractivity contribution in [3.05, 3.63) is 77.4 Å². The monoisotopic (exact) mass is 373 g/mol. The summed E-state index contributed by atoms with van der Waals surface area (Å²) in [6.07, 6.45) is 5.59. The van der Waals surface area contributed by atoms with Crippen molar-refractivity contribution < 1.29 is 14.3 Å². The summed E-state index contributed by atoms with van der Waals surface area (Å²) in [5, 5.41) is 0. The van der Waals surface area contributed by atoms with E-state index in [0.29, 0.717) is 24.3 Å². The van der Waals surface area contributed by atoms with Crippen LogP contribution in [0.4, 0.5) is 0 Å². The molecule has 2 aromatic carbocycles. The molecule has 4 rings (SSSR count). The molecule has 28 heavy (non-hydrogen) atoms. The van der Waals surface area contributed by atoms with Crippen molar-refractivity contribution in [2.75, 3.05) is 6.61 Å². The van der Waals surface area contributed by atoms with Gasteiger partial charge in [-0.15, -0.1) is 6.42 Å². The number of β-lactam (4-membered cyclic amide) rings is 1. The second-order valence-corrected chi connectivity index (χ2v) is 7.53. The predicted molar refractivity (Wildman–Crippen MR) is 108 cm³/mol. The molecule has 2 saturated heterocycles. The largest absolute Gasteiger partial charge is 0.348 e. The van der Waals surface area contributed by atoms with Gasteiger partial charge in [-0.1, -0.05) is 66.6 Å². The molecule has 0 radical (unpaired) electrons. The van der Waals surface area contributed by atoms with Gasteiger partial charge in [-0.25, -0.2) is 0 Å². The first-order valence-corrected chi connectivity index (χ1v) is 9.43. The minimum absolute atomic E-state index is 0.0426. The molecule has 1 unspecified atom stereocenters. The van der Waals surface area contributed by atoms with Crippen molar-refractivity contribution >= 4 is 11.5 Å². The lowest BCUT2D eigenvalue weighted by Gasteiger charge is -2.46. The SMILES string of the molecule is C#C/C(=C1/C(=O)N(Cc2ccccc2)[C@H]1C1COC(C)(C)O1)c1ccccc1. The summed E-state index contributed by atoms with van der Waals surface area (Å²) < 4.78 is 11.9. The fourth-order valence-corrected chi connectivity index (χ4v) is 3.88. The van der Waals surface area contributed by atoms with E-state index < -0.39 is 5.79 Å². The Morgan fingerprint density at radius 2 is 1.79 bits per heavy atom. The number of allylic oxidation sites excluding steroid dienone is 1. The van der Waals surface area contributed by atoms with Crippen LogP contribution in [0.2, 0.25) is 0 Å². The van der Waals surface area contributed by atoms with Crippen molar-refractivity contribution in [3.63, 3.8) is 0 Å². The summed E-state index contributed by atoms with van der Waals surface area (Å²) in [4.78, 5) is 15.0. The van der Waals surface area contributed by atoms with Crippen molar-refractivity contribution in [2.24, 2.45) is 0 Å². The van der Waals surface area contributed by atoms with Crippen molar-refractivity contribution in [1.29, 1.82) is 0 Å². The lowest BCUT2D eigenvalue weighted by molar-refractivity contribution is -0.159. The van der Waals surface area contributed by atoms with Crippen molar-refractivity contribution in [3.8, 4) is 12.3 Å². The highest BCUT2D eigenvalue weighted by Crippen LogP contribution is 2.40. The molecular weight excluding hydrogens is 350 g/mol. The van der Waals surface area contributed by atoms with E-state index >= 15 is 0 Å².